The second-order valence-corrected chi connectivity index (χ2v) is 9.33. The van der Waals surface area contributed by atoms with Crippen molar-refractivity contribution in [3.8, 4) is 0 Å². The van der Waals surface area contributed by atoms with Crippen LogP contribution in [0.25, 0.3) is 0 Å². The van der Waals surface area contributed by atoms with E-state index in [1.807, 2.05) is 0 Å². The second-order valence-electron chi connectivity index (χ2n) is 7.07. The van der Waals surface area contributed by atoms with E-state index in [9.17, 15) is 18.0 Å². The van der Waals surface area contributed by atoms with Crippen LogP contribution in [0.3, 0.4) is 0 Å². The minimum Gasteiger partial charge on any atom is -0.444 e. The third-order valence-electron chi connectivity index (χ3n) is 3.20. The van der Waals surface area contributed by atoms with Gasteiger partial charge in [0.25, 0.3) is 0 Å². The number of nitrogens with two attached hydrogens (primary N) is 1. The molecule has 1 aromatic rings. The first kappa shape index (κ1) is 21.9. The maximum absolute atomic E-state index is 11.9. The Kier molecular flexibility index (Phi) is 7.58. The molecule has 0 spiro atoms. The predicted octanol–water partition coefficient (Wildman–Crippen LogP) is 1.41. The van der Waals surface area contributed by atoms with Gasteiger partial charge in [0.15, 0.2) is 0 Å². The van der Waals surface area contributed by atoms with E-state index in [1.165, 1.54) is 0 Å². The molecular formula is C17H27N3O5S. The van der Waals surface area contributed by atoms with E-state index in [0.29, 0.717) is 5.69 Å². The quantitative estimate of drug-likeness (QED) is 0.651. The summed E-state index contributed by atoms with van der Waals surface area (Å²) in [5, 5.41) is 5.27. The molecule has 0 saturated heterocycles. The summed E-state index contributed by atoms with van der Waals surface area (Å²) in [6.07, 6.45) is 0.629. The topological polar surface area (TPSA) is 128 Å². The van der Waals surface area contributed by atoms with E-state index in [4.69, 9.17) is 10.5 Å². The van der Waals surface area contributed by atoms with Gasteiger partial charge in [-0.3, -0.25) is 10.1 Å². The molecule has 9 heteroatoms. The van der Waals surface area contributed by atoms with Crippen LogP contribution < -0.4 is 16.4 Å². The molecule has 2 amide bonds. The first-order chi connectivity index (χ1) is 11.9. The molecule has 146 valence electrons. The van der Waals surface area contributed by atoms with Crippen molar-refractivity contribution in [2.45, 2.75) is 45.4 Å². The molecule has 0 aliphatic carbocycles. The highest BCUT2D eigenvalue weighted by molar-refractivity contribution is 7.90. The zero-order chi connectivity index (χ0) is 20.0. The monoisotopic (exact) mass is 385 g/mol. The van der Waals surface area contributed by atoms with Crippen molar-refractivity contribution in [3.05, 3.63) is 29.8 Å². The van der Waals surface area contributed by atoms with E-state index < -0.39 is 33.5 Å². The smallest absolute Gasteiger partial charge is 0.412 e. The Morgan fingerprint density at radius 3 is 2.27 bits per heavy atom. The highest BCUT2D eigenvalue weighted by Crippen LogP contribution is 2.13. The molecule has 0 unspecified atom stereocenters. The number of sulfone groups is 1. The molecular weight excluding hydrogens is 358 g/mol. The van der Waals surface area contributed by atoms with Gasteiger partial charge in [-0.25, -0.2) is 13.2 Å². The number of anilines is 1. The number of rotatable bonds is 7. The number of carbonyl (C=O) groups is 2. The summed E-state index contributed by atoms with van der Waals surface area (Å²) in [4.78, 5) is 23.6. The predicted molar refractivity (Wildman–Crippen MR) is 100 cm³/mol. The van der Waals surface area contributed by atoms with Gasteiger partial charge in [-0.05, 0) is 44.9 Å². The van der Waals surface area contributed by atoms with E-state index in [2.05, 4.69) is 10.6 Å². The summed E-state index contributed by atoms with van der Waals surface area (Å²) < 4.78 is 27.4. The third-order valence-corrected chi connectivity index (χ3v) is 4.18. The average Bonchev–Trinajstić information content (AvgIpc) is 2.49. The fourth-order valence-corrected chi connectivity index (χ4v) is 2.60. The molecule has 0 aliphatic heterocycles. The largest absolute Gasteiger partial charge is 0.444 e. The van der Waals surface area contributed by atoms with Gasteiger partial charge in [-0.1, -0.05) is 12.1 Å². The van der Waals surface area contributed by atoms with Crippen molar-refractivity contribution in [2.24, 2.45) is 5.73 Å². The summed E-state index contributed by atoms with van der Waals surface area (Å²) in [5.41, 5.74) is 6.48. The Morgan fingerprint density at radius 1 is 1.19 bits per heavy atom. The van der Waals surface area contributed by atoms with Crippen LogP contribution in [0.15, 0.2) is 24.3 Å². The molecule has 1 aromatic carbocycles. The number of nitrogens with one attached hydrogen (secondary N) is 2. The number of hydrogen-bond acceptors (Lipinski definition) is 6. The molecule has 0 radical (unpaired) electrons. The molecule has 26 heavy (non-hydrogen) atoms. The van der Waals surface area contributed by atoms with Gasteiger partial charge in [0.2, 0.25) is 5.91 Å². The van der Waals surface area contributed by atoms with E-state index >= 15 is 0 Å². The maximum Gasteiger partial charge on any atom is 0.412 e. The van der Waals surface area contributed by atoms with Gasteiger partial charge < -0.3 is 15.8 Å². The minimum absolute atomic E-state index is 0.0728. The zero-order valence-corrected chi connectivity index (χ0v) is 16.4. The fraction of sp³-hybridized carbons (Fsp3) is 0.529. The zero-order valence-electron chi connectivity index (χ0n) is 15.5. The van der Waals surface area contributed by atoms with E-state index in [-0.39, 0.29) is 18.7 Å². The van der Waals surface area contributed by atoms with Crippen molar-refractivity contribution in [3.63, 3.8) is 0 Å². The second kappa shape index (κ2) is 9.00. The first-order valence-corrected chi connectivity index (χ1v) is 10.2. The maximum atomic E-state index is 11.9. The SMILES string of the molecule is CC(C)(C)OC(=O)Nc1ccc(CNC(=O)[C@@H](N)CCS(C)(=O)=O)cc1. The highest BCUT2D eigenvalue weighted by atomic mass is 32.2. The fourth-order valence-electron chi connectivity index (χ4n) is 1.92. The van der Waals surface area contributed by atoms with Crippen LogP contribution in [0.4, 0.5) is 10.5 Å². The minimum atomic E-state index is -3.15. The normalized spacial score (nSPS) is 13.0. The van der Waals surface area contributed by atoms with Gasteiger partial charge in [0.05, 0.1) is 11.8 Å². The molecule has 4 N–H and O–H groups in total. The third kappa shape index (κ3) is 9.38. The lowest BCUT2D eigenvalue weighted by Gasteiger charge is -2.19. The number of carbonyl (C=O) groups excluding carboxylic acids is 2. The van der Waals surface area contributed by atoms with Crippen molar-refractivity contribution in [1.29, 1.82) is 0 Å². The Balaban J connectivity index is 2.47. The van der Waals surface area contributed by atoms with Crippen LogP contribution in [0.2, 0.25) is 0 Å². The van der Waals surface area contributed by atoms with Crippen LogP contribution in [-0.4, -0.2) is 44.1 Å². The number of benzene rings is 1. The lowest BCUT2D eigenvalue weighted by Crippen LogP contribution is -2.41. The number of ether oxygens (including phenoxy) is 1. The van der Waals surface area contributed by atoms with Crippen molar-refractivity contribution in [2.75, 3.05) is 17.3 Å². The summed E-state index contributed by atoms with van der Waals surface area (Å²) in [5.74, 6) is -0.545. The Bertz CT molecular complexity index is 724. The van der Waals surface area contributed by atoms with Gasteiger partial charge >= 0.3 is 6.09 Å². The van der Waals surface area contributed by atoms with Crippen LogP contribution >= 0.6 is 0 Å². The van der Waals surface area contributed by atoms with Crippen molar-refractivity contribution >= 4 is 27.5 Å². The van der Waals surface area contributed by atoms with Crippen LogP contribution in [0.1, 0.15) is 32.8 Å². The van der Waals surface area contributed by atoms with Crippen molar-refractivity contribution < 1.29 is 22.7 Å². The van der Waals surface area contributed by atoms with Crippen molar-refractivity contribution in [1.82, 2.24) is 5.32 Å². The molecule has 0 bridgehead atoms. The van der Waals surface area contributed by atoms with Gasteiger partial charge in [-0.15, -0.1) is 0 Å². The molecule has 1 rings (SSSR count). The highest BCUT2D eigenvalue weighted by Gasteiger charge is 2.17. The average molecular weight is 385 g/mol. The van der Waals surface area contributed by atoms with Gasteiger partial charge in [0.1, 0.15) is 15.4 Å². The standard InChI is InChI=1S/C17H27N3O5S/c1-17(2,3)25-16(22)20-13-7-5-12(6-8-13)11-19-15(21)14(18)9-10-26(4,23)24/h5-8,14H,9-11,18H2,1-4H3,(H,19,21)(H,20,22)/t14-/m0/s1. The molecule has 0 fully saturated rings. The van der Waals surface area contributed by atoms with Crippen LogP contribution in [0.5, 0.6) is 0 Å². The summed E-state index contributed by atoms with van der Waals surface area (Å²) in [7, 11) is -3.15. The summed E-state index contributed by atoms with van der Waals surface area (Å²) >= 11 is 0. The van der Waals surface area contributed by atoms with Crippen LogP contribution in [-0.2, 0) is 25.9 Å². The number of hydrogen-bond donors (Lipinski definition) is 3. The molecule has 8 nitrogen and oxygen atoms in total. The van der Waals surface area contributed by atoms with E-state index in [1.54, 1.807) is 45.0 Å². The number of amides is 2. The molecule has 0 saturated carbocycles. The van der Waals surface area contributed by atoms with Gasteiger partial charge in [-0.2, -0.15) is 0 Å². The van der Waals surface area contributed by atoms with E-state index in [0.717, 1.165) is 11.8 Å². The first-order valence-electron chi connectivity index (χ1n) is 8.16. The Labute approximate surface area is 154 Å². The lowest BCUT2D eigenvalue weighted by atomic mass is 10.2. The molecule has 0 aromatic heterocycles. The van der Waals surface area contributed by atoms with Crippen LogP contribution in [0, 0.1) is 0 Å². The summed E-state index contributed by atoms with van der Waals surface area (Å²) in [6, 6.07) is 5.99. The Morgan fingerprint density at radius 2 is 1.77 bits per heavy atom. The lowest BCUT2D eigenvalue weighted by molar-refractivity contribution is -0.122. The van der Waals surface area contributed by atoms with Gasteiger partial charge in [0, 0.05) is 18.5 Å². The molecule has 1 atom stereocenters. The summed E-state index contributed by atoms with van der Waals surface area (Å²) in [6.45, 7) is 5.58. The Hall–Kier alpha value is -2.13. The molecule has 0 heterocycles. The molecule has 0 aliphatic rings.